The van der Waals surface area contributed by atoms with Crippen molar-refractivity contribution in [1.82, 2.24) is 9.55 Å². The third-order valence-corrected chi connectivity index (χ3v) is 4.17. The van der Waals surface area contributed by atoms with E-state index in [9.17, 15) is 9.59 Å². The summed E-state index contributed by atoms with van der Waals surface area (Å²) in [4.78, 5) is 27.0. The molecule has 0 unspecified atom stereocenters. The number of H-pyrrole nitrogens is 1. The van der Waals surface area contributed by atoms with Crippen molar-refractivity contribution in [3.8, 4) is 10.4 Å². The van der Waals surface area contributed by atoms with Crippen molar-refractivity contribution in [2.45, 2.75) is 39.7 Å². The Morgan fingerprint density at radius 2 is 2.11 bits per heavy atom. The molecule has 2 heterocycles. The largest absolute Gasteiger partial charge is 0.328 e. The summed E-state index contributed by atoms with van der Waals surface area (Å²) >= 11 is 1.52. The number of thiophene rings is 1. The minimum Gasteiger partial charge on any atom is -0.300 e. The second kappa shape index (κ2) is 6.02. The van der Waals surface area contributed by atoms with E-state index in [-0.39, 0.29) is 11.2 Å². The molecular formula is C14H18N2O2S. The van der Waals surface area contributed by atoms with Gasteiger partial charge in [0.15, 0.2) is 0 Å². The van der Waals surface area contributed by atoms with Gasteiger partial charge in [0.2, 0.25) is 0 Å². The number of nitrogens with zero attached hydrogens (tertiary/aromatic N) is 1. The zero-order valence-electron chi connectivity index (χ0n) is 11.2. The van der Waals surface area contributed by atoms with Crippen LogP contribution in [0.3, 0.4) is 0 Å². The molecule has 0 saturated heterocycles. The van der Waals surface area contributed by atoms with Gasteiger partial charge in [-0.05, 0) is 30.4 Å². The highest BCUT2D eigenvalue weighted by molar-refractivity contribution is 7.13. The van der Waals surface area contributed by atoms with E-state index in [0.717, 1.165) is 29.7 Å². The number of aryl methyl sites for hydroxylation is 2. The molecule has 102 valence electrons. The summed E-state index contributed by atoms with van der Waals surface area (Å²) in [7, 11) is 0. The Bertz CT molecular complexity index is 667. The molecule has 0 radical (unpaired) electrons. The van der Waals surface area contributed by atoms with Crippen molar-refractivity contribution in [2.75, 3.05) is 0 Å². The molecule has 5 heteroatoms. The summed E-state index contributed by atoms with van der Waals surface area (Å²) in [6.45, 7) is 4.74. The molecule has 19 heavy (non-hydrogen) atoms. The maximum atomic E-state index is 11.9. The van der Waals surface area contributed by atoms with Gasteiger partial charge in [-0.15, -0.1) is 11.3 Å². The van der Waals surface area contributed by atoms with E-state index in [2.05, 4.69) is 11.9 Å². The highest BCUT2D eigenvalue weighted by atomic mass is 32.1. The highest BCUT2D eigenvalue weighted by Crippen LogP contribution is 2.25. The summed E-state index contributed by atoms with van der Waals surface area (Å²) < 4.78 is 1.60. The SMILES string of the molecule is CCCCCn1cc(-c2sccc2C)c(=O)[nH]c1=O. The third kappa shape index (κ3) is 3.04. The van der Waals surface area contributed by atoms with Crippen LogP contribution in [0.5, 0.6) is 0 Å². The predicted octanol–water partition coefficient (Wildman–Crippen LogP) is 2.76. The van der Waals surface area contributed by atoms with E-state index in [0.29, 0.717) is 12.1 Å². The number of unbranched alkanes of at least 4 members (excludes halogenated alkanes) is 2. The molecule has 4 nitrogen and oxygen atoms in total. The van der Waals surface area contributed by atoms with Crippen LogP contribution in [-0.2, 0) is 6.54 Å². The smallest absolute Gasteiger partial charge is 0.300 e. The van der Waals surface area contributed by atoms with E-state index in [4.69, 9.17) is 0 Å². The van der Waals surface area contributed by atoms with Crippen LogP contribution in [0.2, 0.25) is 0 Å². The first-order valence-corrected chi connectivity index (χ1v) is 7.39. The van der Waals surface area contributed by atoms with E-state index < -0.39 is 0 Å². The van der Waals surface area contributed by atoms with E-state index in [1.807, 2.05) is 18.4 Å². The lowest BCUT2D eigenvalue weighted by molar-refractivity contribution is 0.576. The first-order chi connectivity index (χ1) is 9.13. The summed E-state index contributed by atoms with van der Waals surface area (Å²) in [6, 6.07) is 1.98. The third-order valence-electron chi connectivity index (χ3n) is 3.12. The lowest BCUT2D eigenvalue weighted by Crippen LogP contribution is -2.30. The number of hydrogen-bond acceptors (Lipinski definition) is 3. The van der Waals surface area contributed by atoms with Crippen molar-refractivity contribution in [3.63, 3.8) is 0 Å². The van der Waals surface area contributed by atoms with Gasteiger partial charge < -0.3 is 0 Å². The van der Waals surface area contributed by atoms with Gasteiger partial charge in [-0.1, -0.05) is 19.8 Å². The van der Waals surface area contributed by atoms with E-state index in [1.165, 1.54) is 11.3 Å². The second-order valence-corrected chi connectivity index (χ2v) is 5.55. The Morgan fingerprint density at radius 1 is 1.32 bits per heavy atom. The molecule has 2 aromatic heterocycles. The molecule has 0 atom stereocenters. The molecule has 0 amide bonds. The molecule has 0 bridgehead atoms. The van der Waals surface area contributed by atoms with E-state index in [1.54, 1.807) is 10.8 Å². The summed E-state index contributed by atoms with van der Waals surface area (Å²) in [5, 5.41) is 1.95. The summed E-state index contributed by atoms with van der Waals surface area (Å²) in [6.07, 6.45) is 4.83. The lowest BCUT2D eigenvalue weighted by atomic mass is 10.2. The maximum Gasteiger partial charge on any atom is 0.328 e. The zero-order valence-corrected chi connectivity index (χ0v) is 12.0. The Kier molecular flexibility index (Phi) is 4.37. The van der Waals surface area contributed by atoms with Gasteiger partial charge in [0, 0.05) is 17.6 Å². The number of aromatic amines is 1. The Labute approximate surface area is 115 Å². The minimum atomic E-state index is -0.320. The van der Waals surface area contributed by atoms with Crippen molar-refractivity contribution in [2.24, 2.45) is 0 Å². The zero-order chi connectivity index (χ0) is 13.8. The van der Waals surface area contributed by atoms with Crippen LogP contribution < -0.4 is 11.2 Å². The van der Waals surface area contributed by atoms with Gasteiger partial charge in [0.1, 0.15) is 0 Å². The average molecular weight is 278 g/mol. The normalized spacial score (nSPS) is 10.8. The van der Waals surface area contributed by atoms with Crippen LogP contribution in [0.25, 0.3) is 10.4 Å². The van der Waals surface area contributed by atoms with Gasteiger partial charge in [-0.25, -0.2) is 4.79 Å². The van der Waals surface area contributed by atoms with Gasteiger partial charge in [-0.3, -0.25) is 14.3 Å². The van der Waals surface area contributed by atoms with Gasteiger partial charge >= 0.3 is 5.69 Å². The summed E-state index contributed by atoms with van der Waals surface area (Å²) in [5.74, 6) is 0. The Hall–Kier alpha value is -1.62. The van der Waals surface area contributed by atoms with Crippen molar-refractivity contribution < 1.29 is 0 Å². The van der Waals surface area contributed by atoms with Crippen LogP contribution in [0, 0.1) is 6.92 Å². The molecule has 0 fully saturated rings. The number of hydrogen-bond donors (Lipinski definition) is 1. The maximum absolute atomic E-state index is 11.9. The molecule has 2 aromatic rings. The topological polar surface area (TPSA) is 54.9 Å². The Morgan fingerprint density at radius 3 is 2.74 bits per heavy atom. The second-order valence-electron chi connectivity index (χ2n) is 4.64. The van der Waals surface area contributed by atoms with Crippen molar-refractivity contribution >= 4 is 11.3 Å². The fourth-order valence-electron chi connectivity index (χ4n) is 2.02. The fraction of sp³-hybridized carbons (Fsp3) is 0.429. The van der Waals surface area contributed by atoms with Crippen LogP contribution in [0.15, 0.2) is 27.2 Å². The van der Waals surface area contributed by atoms with Crippen LogP contribution in [0.4, 0.5) is 0 Å². The first kappa shape index (κ1) is 13.8. The molecule has 0 aromatic carbocycles. The number of rotatable bonds is 5. The summed E-state index contributed by atoms with van der Waals surface area (Å²) in [5.41, 5.74) is 1.03. The molecule has 0 spiro atoms. The van der Waals surface area contributed by atoms with Crippen molar-refractivity contribution in [3.05, 3.63) is 44.0 Å². The minimum absolute atomic E-state index is 0.303. The van der Waals surface area contributed by atoms with Crippen LogP contribution >= 0.6 is 11.3 Å². The van der Waals surface area contributed by atoms with Crippen LogP contribution in [0.1, 0.15) is 31.7 Å². The molecular weight excluding hydrogens is 260 g/mol. The number of nitrogens with one attached hydrogen (secondary N) is 1. The van der Waals surface area contributed by atoms with Gasteiger partial charge in [0.25, 0.3) is 5.56 Å². The first-order valence-electron chi connectivity index (χ1n) is 6.51. The molecule has 1 N–H and O–H groups in total. The van der Waals surface area contributed by atoms with Crippen LogP contribution in [-0.4, -0.2) is 9.55 Å². The number of aromatic nitrogens is 2. The Balaban J connectivity index is 2.40. The average Bonchev–Trinajstić information content (AvgIpc) is 2.78. The van der Waals surface area contributed by atoms with Gasteiger partial charge in [0.05, 0.1) is 5.56 Å². The van der Waals surface area contributed by atoms with E-state index >= 15 is 0 Å². The monoisotopic (exact) mass is 278 g/mol. The fourth-order valence-corrected chi connectivity index (χ4v) is 2.95. The standard InChI is InChI=1S/C14H18N2O2S/c1-3-4-5-7-16-9-11(13(17)15-14(16)18)12-10(2)6-8-19-12/h6,8-9H,3-5,7H2,1-2H3,(H,15,17,18). The van der Waals surface area contributed by atoms with Crippen molar-refractivity contribution in [1.29, 1.82) is 0 Å². The van der Waals surface area contributed by atoms with Gasteiger partial charge in [-0.2, -0.15) is 0 Å². The molecule has 0 aliphatic heterocycles. The molecule has 0 saturated carbocycles. The quantitative estimate of drug-likeness (QED) is 0.855. The highest BCUT2D eigenvalue weighted by Gasteiger charge is 2.10. The molecule has 0 aliphatic carbocycles. The lowest BCUT2D eigenvalue weighted by Gasteiger charge is -2.07. The molecule has 0 aliphatic rings. The predicted molar refractivity (Wildman–Crippen MR) is 78.9 cm³/mol. The molecule has 2 rings (SSSR count).